The highest BCUT2D eigenvalue weighted by Gasteiger charge is 2.25. The van der Waals surface area contributed by atoms with Crippen molar-refractivity contribution in [2.45, 2.75) is 13.0 Å². The van der Waals surface area contributed by atoms with Gasteiger partial charge >= 0.3 is 5.69 Å². The molecule has 0 aliphatic carbocycles. The van der Waals surface area contributed by atoms with Gasteiger partial charge in [-0.1, -0.05) is 52.3 Å². The second-order valence-corrected chi connectivity index (χ2v) is 7.79. The molecule has 0 bridgehead atoms. The number of nitrogens with zero attached hydrogens (tertiary/aromatic N) is 2. The number of aromatic nitrogens is 2. The first-order valence-electron chi connectivity index (χ1n) is 9.65. The molecule has 8 nitrogen and oxygen atoms in total. The number of halogens is 1. The number of methoxy groups -OCH3 is 1. The molecule has 0 unspecified atom stereocenters. The van der Waals surface area contributed by atoms with Gasteiger partial charge in [-0.05, 0) is 30.2 Å². The van der Waals surface area contributed by atoms with Crippen LogP contribution in [0.3, 0.4) is 0 Å². The fourth-order valence-corrected chi connectivity index (χ4v) is 3.62. The molecule has 2 aromatic carbocycles. The first kappa shape index (κ1) is 22.5. The molecule has 3 aromatic rings. The fraction of sp³-hybridized carbons (Fsp3) is 0.227. The third-order valence-corrected chi connectivity index (χ3v) is 5.21. The summed E-state index contributed by atoms with van der Waals surface area (Å²) in [6.45, 7) is 0.742. The number of carbonyl (C=O) groups is 1. The Kier molecular flexibility index (Phi) is 7.43. The zero-order valence-electron chi connectivity index (χ0n) is 17.0. The maximum atomic E-state index is 13.3. The molecule has 0 radical (unpaired) electrons. The summed E-state index contributed by atoms with van der Waals surface area (Å²) < 4.78 is 7.08. The zero-order valence-corrected chi connectivity index (χ0v) is 18.6. The number of rotatable bonds is 8. The van der Waals surface area contributed by atoms with Crippen LogP contribution in [0.15, 0.2) is 68.7 Å². The van der Waals surface area contributed by atoms with Crippen LogP contribution < -0.4 is 21.9 Å². The molecule has 1 aromatic heterocycles. The van der Waals surface area contributed by atoms with Crippen LogP contribution in [0.1, 0.15) is 22.3 Å². The summed E-state index contributed by atoms with van der Waals surface area (Å²) in [5.74, 6) is -0.474. The van der Waals surface area contributed by atoms with Gasteiger partial charge in [-0.3, -0.25) is 19.1 Å². The Morgan fingerprint density at radius 2 is 1.90 bits per heavy atom. The molecule has 3 rings (SSSR count). The number of carbonyl (C=O) groups excluding carboxylic acids is 1. The number of nitrogens with two attached hydrogens (primary N) is 1. The van der Waals surface area contributed by atoms with Gasteiger partial charge in [-0.15, -0.1) is 0 Å². The van der Waals surface area contributed by atoms with Crippen LogP contribution in [0.4, 0.5) is 11.5 Å². The summed E-state index contributed by atoms with van der Waals surface area (Å²) in [6.07, 6.45) is 0.479. The molecule has 0 spiro atoms. The number of nitrogen functional groups attached to an aromatic ring is 1. The SMILES string of the molecule is COCCCN(C(=O)c1cccc(Br)c1)c1c(N)n(Cc2ccccc2)c(=O)[nH]c1=O. The highest BCUT2D eigenvalue weighted by molar-refractivity contribution is 9.10. The molecule has 9 heteroatoms. The minimum absolute atomic E-state index is 0.0587. The van der Waals surface area contributed by atoms with E-state index >= 15 is 0 Å². The van der Waals surface area contributed by atoms with Gasteiger partial charge in [0, 0.05) is 30.3 Å². The molecule has 1 amide bonds. The summed E-state index contributed by atoms with van der Waals surface area (Å²) in [5, 5.41) is 0. The van der Waals surface area contributed by atoms with E-state index in [1.54, 1.807) is 31.4 Å². The monoisotopic (exact) mass is 486 g/mol. The predicted octanol–water partition coefficient (Wildman–Crippen LogP) is 2.61. The molecule has 3 N–H and O–H groups in total. The minimum Gasteiger partial charge on any atom is -0.385 e. The van der Waals surface area contributed by atoms with Gasteiger partial charge in [0.1, 0.15) is 5.82 Å². The molecular formula is C22H23BrN4O4. The number of nitrogens with one attached hydrogen (secondary N) is 1. The first-order chi connectivity index (χ1) is 14.9. The number of H-pyrrole nitrogens is 1. The van der Waals surface area contributed by atoms with E-state index in [4.69, 9.17) is 10.5 Å². The molecule has 0 fully saturated rings. The fourth-order valence-electron chi connectivity index (χ4n) is 3.22. The Labute approximate surface area is 187 Å². The maximum Gasteiger partial charge on any atom is 0.330 e. The number of hydrogen-bond donors (Lipinski definition) is 2. The number of ether oxygens (including phenoxy) is 1. The normalized spacial score (nSPS) is 10.8. The summed E-state index contributed by atoms with van der Waals surface area (Å²) >= 11 is 3.36. The van der Waals surface area contributed by atoms with Crippen molar-refractivity contribution < 1.29 is 9.53 Å². The van der Waals surface area contributed by atoms with E-state index in [1.807, 2.05) is 30.3 Å². The van der Waals surface area contributed by atoms with Crippen LogP contribution in [0.2, 0.25) is 0 Å². The van der Waals surface area contributed by atoms with E-state index in [2.05, 4.69) is 20.9 Å². The van der Waals surface area contributed by atoms with Crippen molar-refractivity contribution in [1.29, 1.82) is 0 Å². The van der Waals surface area contributed by atoms with Crippen molar-refractivity contribution in [3.05, 3.63) is 91.0 Å². The highest BCUT2D eigenvalue weighted by atomic mass is 79.9. The molecule has 0 saturated carbocycles. The van der Waals surface area contributed by atoms with Crippen LogP contribution in [-0.2, 0) is 11.3 Å². The molecule has 0 atom stereocenters. The summed E-state index contributed by atoms with van der Waals surface area (Å²) in [4.78, 5) is 42.2. The van der Waals surface area contributed by atoms with Crippen LogP contribution in [0.25, 0.3) is 0 Å². The average molecular weight is 487 g/mol. The van der Waals surface area contributed by atoms with E-state index in [9.17, 15) is 14.4 Å². The Bertz CT molecular complexity index is 1170. The van der Waals surface area contributed by atoms with Crippen LogP contribution in [-0.4, -0.2) is 35.7 Å². The quantitative estimate of drug-likeness (QED) is 0.475. The summed E-state index contributed by atoms with van der Waals surface area (Å²) in [5.41, 5.74) is 6.09. The van der Waals surface area contributed by atoms with Gasteiger partial charge < -0.3 is 15.4 Å². The van der Waals surface area contributed by atoms with E-state index in [0.717, 1.165) is 10.0 Å². The van der Waals surface area contributed by atoms with Crippen molar-refractivity contribution in [2.75, 3.05) is 30.9 Å². The lowest BCUT2D eigenvalue weighted by atomic mass is 10.1. The smallest absolute Gasteiger partial charge is 0.330 e. The van der Waals surface area contributed by atoms with E-state index < -0.39 is 17.2 Å². The molecule has 0 saturated heterocycles. The maximum absolute atomic E-state index is 13.3. The Balaban J connectivity index is 2.09. The number of hydrogen-bond acceptors (Lipinski definition) is 5. The second kappa shape index (κ2) is 10.2. The summed E-state index contributed by atoms with van der Waals surface area (Å²) in [6, 6.07) is 16.1. The van der Waals surface area contributed by atoms with Crippen molar-refractivity contribution in [3.8, 4) is 0 Å². The molecule has 0 aliphatic rings. The standard InChI is InChI=1S/C22H23BrN4O4/c1-31-12-6-11-26(21(29)16-9-5-10-17(23)13-16)18-19(24)27(22(30)25-20(18)28)14-15-7-3-2-4-8-15/h2-5,7-10,13H,6,11-12,14,24H2,1H3,(H,25,28,30). The number of amides is 1. The van der Waals surface area contributed by atoms with Gasteiger partial charge in [-0.25, -0.2) is 4.79 Å². The Morgan fingerprint density at radius 1 is 1.16 bits per heavy atom. The van der Waals surface area contributed by atoms with Gasteiger partial charge in [0.05, 0.1) is 6.54 Å². The predicted molar refractivity (Wildman–Crippen MR) is 124 cm³/mol. The van der Waals surface area contributed by atoms with Crippen LogP contribution >= 0.6 is 15.9 Å². The van der Waals surface area contributed by atoms with Crippen molar-refractivity contribution >= 4 is 33.3 Å². The van der Waals surface area contributed by atoms with Crippen molar-refractivity contribution in [1.82, 2.24) is 9.55 Å². The average Bonchev–Trinajstić information content (AvgIpc) is 2.76. The Morgan fingerprint density at radius 3 is 2.58 bits per heavy atom. The van der Waals surface area contributed by atoms with E-state index in [0.29, 0.717) is 18.6 Å². The molecular weight excluding hydrogens is 464 g/mol. The number of benzene rings is 2. The first-order valence-corrected chi connectivity index (χ1v) is 10.4. The Hall–Kier alpha value is -3.17. The van der Waals surface area contributed by atoms with Gasteiger partial charge in [0.2, 0.25) is 0 Å². The topological polar surface area (TPSA) is 110 Å². The lowest BCUT2D eigenvalue weighted by molar-refractivity contribution is 0.0983. The lowest BCUT2D eigenvalue weighted by Crippen LogP contribution is -2.42. The van der Waals surface area contributed by atoms with Gasteiger partial charge in [-0.2, -0.15) is 0 Å². The van der Waals surface area contributed by atoms with Crippen LogP contribution in [0, 0.1) is 0 Å². The zero-order chi connectivity index (χ0) is 22.4. The second-order valence-electron chi connectivity index (χ2n) is 6.88. The molecule has 162 valence electrons. The van der Waals surface area contributed by atoms with Crippen molar-refractivity contribution in [3.63, 3.8) is 0 Å². The molecule has 31 heavy (non-hydrogen) atoms. The summed E-state index contributed by atoms with van der Waals surface area (Å²) in [7, 11) is 1.56. The van der Waals surface area contributed by atoms with E-state index in [1.165, 1.54) is 9.47 Å². The van der Waals surface area contributed by atoms with Gasteiger partial charge in [0.15, 0.2) is 5.69 Å². The van der Waals surface area contributed by atoms with Gasteiger partial charge in [0.25, 0.3) is 11.5 Å². The van der Waals surface area contributed by atoms with Crippen molar-refractivity contribution in [2.24, 2.45) is 0 Å². The molecule has 0 aliphatic heterocycles. The molecule has 1 heterocycles. The third kappa shape index (κ3) is 5.31. The van der Waals surface area contributed by atoms with Crippen LogP contribution in [0.5, 0.6) is 0 Å². The largest absolute Gasteiger partial charge is 0.385 e. The third-order valence-electron chi connectivity index (χ3n) is 4.71. The number of aromatic amines is 1. The lowest BCUT2D eigenvalue weighted by Gasteiger charge is -2.24. The highest BCUT2D eigenvalue weighted by Crippen LogP contribution is 2.22. The van der Waals surface area contributed by atoms with E-state index in [-0.39, 0.29) is 24.6 Å². The minimum atomic E-state index is -0.715. The number of anilines is 2.